The summed E-state index contributed by atoms with van der Waals surface area (Å²) in [5.74, 6) is 0.315. The summed E-state index contributed by atoms with van der Waals surface area (Å²) in [4.78, 5) is 20.1. The Labute approximate surface area is 180 Å². The van der Waals surface area contributed by atoms with Crippen LogP contribution in [0.5, 0.6) is 5.75 Å². The molecular weight excluding hydrogens is 374 g/mol. The molecule has 162 valence electrons. The molecule has 5 heteroatoms. The zero-order valence-corrected chi connectivity index (χ0v) is 18.9. The molecular formula is C25H35N3O2. The fourth-order valence-corrected chi connectivity index (χ4v) is 4.54. The van der Waals surface area contributed by atoms with E-state index in [1.54, 1.807) is 6.07 Å². The van der Waals surface area contributed by atoms with E-state index in [0.717, 1.165) is 29.8 Å². The smallest absolute Gasteiger partial charge is 0.254 e. The fraction of sp³-hybridized carbons (Fsp3) is 0.480. The van der Waals surface area contributed by atoms with Crippen LogP contribution in [0.25, 0.3) is 0 Å². The molecule has 0 bridgehead atoms. The number of nitrogens with zero attached hydrogens (tertiary/aromatic N) is 3. The number of amides is 1. The molecule has 1 amide bonds. The Hall–Kier alpha value is -2.37. The standard InChI is InChI=1S/C25H35N3O2/c1-6-27(7-2)25(30)23-14-9-8-13-22(23)24(20-11-10-12-21(29)15-20)28-17-18(3)26(5)16-19(28)4/h8-15,18-19,24,29H,6-7,16-17H2,1-5H3/t18-,19-,24-/m0/s1. The number of carbonyl (C=O) groups excluding carboxylic acids is 1. The first kappa shape index (κ1) is 22.3. The molecule has 3 rings (SSSR count). The molecule has 1 heterocycles. The Bertz CT molecular complexity index is 865. The van der Waals surface area contributed by atoms with Crippen LogP contribution in [0.15, 0.2) is 48.5 Å². The Morgan fingerprint density at radius 1 is 1.07 bits per heavy atom. The highest BCUT2D eigenvalue weighted by Gasteiger charge is 2.35. The Kier molecular flexibility index (Phi) is 7.16. The van der Waals surface area contributed by atoms with Gasteiger partial charge in [0, 0.05) is 43.8 Å². The van der Waals surface area contributed by atoms with E-state index in [9.17, 15) is 9.90 Å². The van der Waals surface area contributed by atoms with Crippen molar-refractivity contribution < 1.29 is 9.90 Å². The van der Waals surface area contributed by atoms with Crippen molar-refractivity contribution in [2.75, 3.05) is 33.2 Å². The summed E-state index contributed by atoms with van der Waals surface area (Å²) in [5.41, 5.74) is 2.76. The van der Waals surface area contributed by atoms with Crippen LogP contribution in [0.1, 0.15) is 55.2 Å². The molecule has 1 fully saturated rings. The maximum Gasteiger partial charge on any atom is 0.254 e. The summed E-state index contributed by atoms with van der Waals surface area (Å²) in [6.45, 7) is 11.7. The number of phenols is 1. The molecule has 2 aromatic rings. The quantitative estimate of drug-likeness (QED) is 0.784. The minimum absolute atomic E-state index is 0.0654. The molecule has 1 aliphatic heterocycles. The van der Waals surface area contributed by atoms with Crippen LogP contribution >= 0.6 is 0 Å². The van der Waals surface area contributed by atoms with E-state index < -0.39 is 0 Å². The van der Waals surface area contributed by atoms with Gasteiger partial charge >= 0.3 is 0 Å². The maximum absolute atomic E-state index is 13.4. The highest BCUT2D eigenvalue weighted by Crippen LogP contribution is 2.36. The second kappa shape index (κ2) is 9.63. The molecule has 0 aliphatic carbocycles. The fourth-order valence-electron chi connectivity index (χ4n) is 4.54. The molecule has 1 N–H and O–H groups in total. The van der Waals surface area contributed by atoms with Crippen molar-refractivity contribution in [1.82, 2.24) is 14.7 Å². The molecule has 1 aliphatic rings. The van der Waals surface area contributed by atoms with Gasteiger partial charge in [0.2, 0.25) is 0 Å². The summed E-state index contributed by atoms with van der Waals surface area (Å²) >= 11 is 0. The third-order valence-electron chi connectivity index (χ3n) is 6.40. The number of hydrogen-bond acceptors (Lipinski definition) is 4. The number of likely N-dealkylation sites (N-methyl/N-ethyl adjacent to an activating group) is 1. The number of benzene rings is 2. The third kappa shape index (κ3) is 4.52. The van der Waals surface area contributed by atoms with Crippen molar-refractivity contribution in [2.24, 2.45) is 0 Å². The highest BCUT2D eigenvalue weighted by atomic mass is 16.3. The lowest BCUT2D eigenvalue weighted by molar-refractivity contribution is 0.0384. The third-order valence-corrected chi connectivity index (χ3v) is 6.40. The predicted molar refractivity (Wildman–Crippen MR) is 122 cm³/mol. The van der Waals surface area contributed by atoms with Gasteiger partial charge in [-0.3, -0.25) is 9.69 Å². The van der Waals surface area contributed by atoms with E-state index in [-0.39, 0.29) is 17.7 Å². The first-order valence-corrected chi connectivity index (χ1v) is 11.0. The first-order chi connectivity index (χ1) is 14.4. The average molecular weight is 410 g/mol. The summed E-state index contributed by atoms with van der Waals surface area (Å²) in [5, 5.41) is 10.2. The van der Waals surface area contributed by atoms with Crippen LogP contribution in [-0.4, -0.2) is 71.0 Å². The lowest BCUT2D eigenvalue weighted by Crippen LogP contribution is -2.56. The average Bonchev–Trinajstić information content (AvgIpc) is 2.73. The minimum Gasteiger partial charge on any atom is -0.508 e. The second-order valence-electron chi connectivity index (χ2n) is 8.40. The van der Waals surface area contributed by atoms with Crippen molar-refractivity contribution in [3.8, 4) is 5.75 Å². The molecule has 2 aromatic carbocycles. The number of piperazine rings is 1. The summed E-state index contributed by atoms with van der Waals surface area (Å²) < 4.78 is 0. The molecule has 0 radical (unpaired) electrons. The second-order valence-corrected chi connectivity index (χ2v) is 8.40. The molecule has 0 saturated carbocycles. The van der Waals surface area contributed by atoms with Gasteiger partial charge in [0.15, 0.2) is 0 Å². The molecule has 3 atom stereocenters. The minimum atomic E-state index is -0.0982. The van der Waals surface area contributed by atoms with Crippen LogP contribution in [0.4, 0.5) is 0 Å². The number of phenolic OH excluding ortho intramolecular Hbond substituents is 1. The molecule has 30 heavy (non-hydrogen) atoms. The number of hydrogen-bond donors (Lipinski definition) is 1. The topological polar surface area (TPSA) is 47.0 Å². The SMILES string of the molecule is CCN(CC)C(=O)c1ccccc1[C@H](c1cccc(O)c1)N1C[C@H](C)N(C)C[C@@H]1C. The van der Waals surface area contributed by atoms with Crippen LogP contribution in [-0.2, 0) is 0 Å². The summed E-state index contributed by atoms with van der Waals surface area (Å²) in [6.07, 6.45) is 0. The Morgan fingerprint density at radius 2 is 1.77 bits per heavy atom. The zero-order chi connectivity index (χ0) is 21.8. The number of rotatable bonds is 6. The van der Waals surface area contributed by atoms with Gasteiger partial charge in [0.25, 0.3) is 5.91 Å². The maximum atomic E-state index is 13.4. The van der Waals surface area contributed by atoms with Gasteiger partial charge in [-0.15, -0.1) is 0 Å². The zero-order valence-electron chi connectivity index (χ0n) is 18.9. The van der Waals surface area contributed by atoms with Crippen LogP contribution in [0.3, 0.4) is 0 Å². The van der Waals surface area contributed by atoms with Crippen LogP contribution in [0, 0.1) is 0 Å². The molecule has 0 spiro atoms. The van der Waals surface area contributed by atoms with Gasteiger partial charge in [0.05, 0.1) is 6.04 Å². The number of carbonyl (C=O) groups is 1. The molecule has 1 saturated heterocycles. The Morgan fingerprint density at radius 3 is 2.43 bits per heavy atom. The van der Waals surface area contributed by atoms with Crippen molar-refractivity contribution in [3.05, 3.63) is 65.2 Å². The van der Waals surface area contributed by atoms with Gasteiger partial charge in [0.1, 0.15) is 5.75 Å². The van der Waals surface area contributed by atoms with Crippen molar-refractivity contribution in [3.63, 3.8) is 0 Å². The van der Waals surface area contributed by atoms with Gasteiger partial charge < -0.3 is 14.9 Å². The normalized spacial score (nSPS) is 21.4. The van der Waals surface area contributed by atoms with Gasteiger partial charge in [-0.05, 0) is 64.1 Å². The summed E-state index contributed by atoms with van der Waals surface area (Å²) in [7, 11) is 2.17. The van der Waals surface area contributed by atoms with E-state index in [1.807, 2.05) is 49.1 Å². The lowest BCUT2D eigenvalue weighted by Gasteiger charge is -2.46. The predicted octanol–water partition coefficient (Wildman–Crippen LogP) is 3.99. The van der Waals surface area contributed by atoms with Crippen molar-refractivity contribution >= 4 is 5.91 Å². The summed E-state index contributed by atoms with van der Waals surface area (Å²) in [6, 6.07) is 16.1. The van der Waals surface area contributed by atoms with Crippen LogP contribution in [0.2, 0.25) is 0 Å². The van der Waals surface area contributed by atoms with E-state index in [1.165, 1.54) is 0 Å². The highest BCUT2D eigenvalue weighted by molar-refractivity contribution is 5.96. The molecule has 0 aromatic heterocycles. The van der Waals surface area contributed by atoms with Gasteiger partial charge in [-0.2, -0.15) is 0 Å². The van der Waals surface area contributed by atoms with E-state index >= 15 is 0 Å². The first-order valence-electron chi connectivity index (χ1n) is 11.0. The van der Waals surface area contributed by atoms with Gasteiger partial charge in [-0.25, -0.2) is 0 Å². The number of aromatic hydroxyl groups is 1. The van der Waals surface area contributed by atoms with Gasteiger partial charge in [-0.1, -0.05) is 30.3 Å². The molecule has 5 nitrogen and oxygen atoms in total. The molecule has 0 unspecified atom stereocenters. The Balaban J connectivity index is 2.14. The van der Waals surface area contributed by atoms with E-state index in [2.05, 4.69) is 42.8 Å². The lowest BCUT2D eigenvalue weighted by atomic mass is 9.90. The monoisotopic (exact) mass is 409 g/mol. The van der Waals surface area contributed by atoms with Crippen molar-refractivity contribution in [2.45, 2.75) is 45.8 Å². The largest absolute Gasteiger partial charge is 0.508 e. The van der Waals surface area contributed by atoms with E-state index in [0.29, 0.717) is 25.2 Å². The van der Waals surface area contributed by atoms with Crippen molar-refractivity contribution in [1.29, 1.82) is 0 Å². The van der Waals surface area contributed by atoms with E-state index in [4.69, 9.17) is 0 Å². The van der Waals surface area contributed by atoms with Crippen LogP contribution < -0.4 is 0 Å².